The molecule has 2 atom stereocenters. The van der Waals surface area contributed by atoms with Gasteiger partial charge in [-0.05, 0) is 48.0 Å². The number of carbonyl (C=O) groups is 3. The topological polar surface area (TPSA) is 80.5 Å². The molecule has 1 aliphatic heterocycles. The molecule has 2 unspecified atom stereocenters. The molecule has 6 nitrogen and oxygen atoms in total. The molecule has 0 N–H and O–H groups in total. The van der Waals surface area contributed by atoms with Gasteiger partial charge in [0.25, 0.3) is 5.91 Å². The normalized spacial score (nSPS) is 18.8. The van der Waals surface area contributed by atoms with Gasteiger partial charge in [-0.15, -0.1) is 0 Å². The van der Waals surface area contributed by atoms with Gasteiger partial charge in [0.05, 0.1) is 22.5 Å². The average Bonchev–Trinajstić information content (AvgIpc) is 3.47. The molecule has 1 fully saturated rings. The molecule has 1 amide bonds. The van der Waals surface area contributed by atoms with Gasteiger partial charge in [0.15, 0.2) is 10.9 Å². The maximum atomic E-state index is 13.7. The van der Waals surface area contributed by atoms with Crippen molar-refractivity contribution in [3.8, 4) is 0 Å². The molecule has 0 spiro atoms. The average molecular weight is 499 g/mol. The molecular formula is C22H12BrFN2O4S. The second-order valence-electron chi connectivity index (χ2n) is 6.96. The first-order valence-electron chi connectivity index (χ1n) is 9.21. The number of benzene rings is 2. The number of furan rings is 1. The van der Waals surface area contributed by atoms with Crippen molar-refractivity contribution in [1.29, 1.82) is 0 Å². The summed E-state index contributed by atoms with van der Waals surface area (Å²) in [6.45, 7) is 0. The van der Waals surface area contributed by atoms with E-state index in [1.807, 2.05) is 0 Å². The van der Waals surface area contributed by atoms with Crippen molar-refractivity contribution in [2.75, 3.05) is 4.90 Å². The van der Waals surface area contributed by atoms with Gasteiger partial charge in [-0.3, -0.25) is 19.3 Å². The highest BCUT2D eigenvalue weighted by Gasteiger charge is 2.53. The van der Waals surface area contributed by atoms with E-state index in [1.165, 1.54) is 35.4 Å². The lowest BCUT2D eigenvalue weighted by atomic mass is 9.88. The Labute approximate surface area is 187 Å². The number of amides is 1. The number of ketones is 2. The van der Waals surface area contributed by atoms with E-state index in [2.05, 4.69) is 20.9 Å². The van der Waals surface area contributed by atoms with Crippen molar-refractivity contribution in [3.63, 3.8) is 0 Å². The smallest absolute Gasteiger partial charge is 0.297 e. The van der Waals surface area contributed by atoms with E-state index in [4.69, 9.17) is 4.42 Å². The van der Waals surface area contributed by atoms with Crippen LogP contribution in [0.1, 0.15) is 22.2 Å². The quantitative estimate of drug-likeness (QED) is 0.226. The number of aromatic nitrogens is 1. The number of fused-ring (bicyclic) bond motifs is 1. The summed E-state index contributed by atoms with van der Waals surface area (Å²) in [7, 11) is 0. The van der Waals surface area contributed by atoms with Gasteiger partial charge in [0.2, 0.25) is 11.6 Å². The molecule has 9 heteroatoms. The molecule has 0 bridgehead atoms. The zero-order chi connectivity index (χ0) is 21.7. The molecule has 154 valence electrons. The van der Waals surface area contributed by atoms with Crippen LogP contribution in [0.5, 0.6) is 0 Å². The Morgan fingerprint density at radius 2 is 1.90 bits per heavy atom. The Kier molecular flexibility index (Phi) is 4.79. The van der Waals surface area contributed by atoms with Gasteiger partial charge in [0, 0.05) is 4.47 Å². The Hall–Kier alpha value is -3.17. The van der Waals surface area contributed by atoms with E-state index in [0.29, 0.717) is 15.8 Å². The van der Waals surface area contributed by atoms with Crippen LogP contribution in [0, 0.1) is 11.7 Å². The fraction of sp³-hybridized carbons (Fsp3) is 0.0909. The predicted molar refractivity (Wildman–Crippen MR) is 115 cm³/mol. The zero-order valence-electron chi connectivity index (χ0n) is 15.6. The summed E-state index contributed by atoms with van der Waals surface area (Å²) in [5.41, 5.74) is 1.09. The minimum Gasteiger partial charge on any atom is -0.461 e. The van der Waals surface area contributed by atoms with E-state index in [9.17, 15) is 18.8 Å². The first-order chi connectivity index (χ1) is 14.9. The maximum Gasteiger partial charge on any atom is 0.297 e. The third kappa shape index (κ3) is 3.30. The van der Waals surface area contributed by atoms with Crippen molar-refractivity contribution in [1.82, 2.24) is 4.98 Å². The van der Waals surface area contributed by atoms with Crippen molar-refractivity contribution in [2.45, 2.75) is 6.04 Å². The van der Waals surface area contributed by atoms with Crippen LogP contribution in [0.25, 0.3) is 10.2 Å². The summed E-state index contributed by atoms with van der Waals surface area (Å²) in [4.78, 5) is 44.9. The summed E-state index contributed by atoms with van der Waals surface area (Å²) in [5, 5.41) is 0.224. The largest absolute Gasteiger partial charge is 0.461 e. The molecule has 0 radical (unpaired) electrons. The van der Waals surface area contributed by atoms with Crippen LogP contribution in [0.2, 0.25) is 0 Å². The lowest BCUT2D eigenvalue weighted by Gasteiger charge is -2.24. The first kappa shape index (κ1) is 19.8. The number of nitrogens with zero attached hydrogens (tertiary/aromatic N) is 2. The van der Waals surface area contributed by atoms with Crippen LogP contribution in [-0.4, -0.2) is 22.5 Å². The Morgan fingerprint density at radius 1 is 1.13 bits per heavy atom. The highest BCUT2D eigenvalue weighted by molar-refractivity contribution is 9.10. The Bertz CT molecular complexity index is 1330. The number of hydrogen-bond acceptors (Lipinski definition) is 6. The van der Waals surface area contributed by atoms with Gasteiger partial charge in [-0.25, -0.2) is 9.37 Å². The summed E-state index contributed by atoms with van der Waals surface area (Å²) in [6.07, 6.45) is 1.34. The molecule has 31 heavy (non-hydrogen) atoms. The Balaban J connectivity index is 1.67. The van der Waals surface area contributed by atoms with Gasteiger partial charge < -0.3 is 4.42 Å². The maximum absolute atomic E-state index is 13.7. The predicted octanol–water partition coefficient (Wildman–Crippen LogP) is 4.95. The van der Waals surface area contributed by atoms with Crippen molar-refractivity contribution < 1.29 is 23.2 Å². The highest BCUT2D eigenvalue weighted by atomic mass is 79.9. The molecule has 0 aliphatic carbocycles. The molecule has 2 aromatic carbocycles. The SMILES string of the molecule is O=C1C(=O)N(c2nc3ccc(F)cc3s2)C(c2ccc(Br)cc2)C1C(=O)c1ccco1. The van der Waals surface area contributed by atoms with Crippen LogP contribution >= 0.6 is 27.3 Å². The summed E-state index contributed by atoms with van der Waals surface area (Å²) < 4.78 is 20.2. The molecule has 1 saturated heterocycles. The monoisotopic (exact) mass is 498 g/mol. The number of halogens is 2. The fourth-order valence-corrected chi connectivity index (χ4v) is 4.99. The molecule has 0 saturated carbocycles. The lowest BCUT2D eigenvalue weighted by Crippen LogP contribution is -2.30. The molecule has 5 rings (SSSR count). The molecule has 3 heterocycles. The zero-order valence-corrected chi connectivity index (χ0v) is 18.0. The highest BCUT2D eigenvalue weighted by Crippen LogP contribution is 2.43. The van der Waals surface area contributed by atoms with E-state index in [0.717, 1.165) is 15.8 Å². The summed E-state index contributed by atoms with van der Waals surface area (Å²) >= 11 is 4.45. The van der Waals surface area contributed by atoms with Gasteiger partial charge >= 0.3 is 0 Å². The Morgan fingerprint density at radius 3 is 2.61 bits per heavy atom. The van der Waals surface area contributed by atoms with Crippen LogP contribution in [0.3, 0.4) is 0 Å². The number of anilines is 1. The number of thiazole rings is 1. The first-order valence-corrected chi connectivity index (χ1v) is 10.8. The number of hydrogen-bond donors (Lipinski definition) is 0. The molecule has 1 aliphatic rings. The van der Waals surface area contributed by atoms with E-state index >= 15 is 0 Å². The summed E-state index contributed by atoms with van der Waals surface area (Å²) in [6, 6.07) is 13.2. The number of Topliss-reactive ketones (excluding diaryl/α,β-unsaturated/α-hetero) is 2. The van der Waals surface area contributed by atoms with Crippen LogP contribution in [0.15, 0.2) is 69.8 Å². The van der Waals surface area contributed by atoms with Crippen molar-refractivity contribution >= 4 is 60.1 Å². The number of rotatable bonds is 4. The van der Waals surface area contributed by atoms with Gasteiger partial charge in [-0.2, -0.15) is 0 Å². The van der Waals surface area contributed by atoms with E-state index < -0.39 is 35.3 Å². The van der Waals surface area contributed by atoms with Crippen LogP contribution in [-0.2, 0) is 9.59 Å². The lowest BCUT2D eigenvalue weighted by molar-refractivity contribution is -0.135. The van der Waals surface area contributed by atoms with E-state index in [1.54, 1.807) is 30.3 Å². The van der Waals surface area contributed by atoms with E-state index in [-0.39, 0.29) is 10.9 Å². The standard InChI is InChI=1S/C22H12BrFN2O4S/c23-12-5-3-11(4-6-12)18-17(19(27)15-2-1-9-30-15)20(28)21(29)26(18)22-25-14-8-7-13(24)10-16(14)31-22/h1-10,17-18H. The van der Waals surface area contributed by atoms with Crippen LogP contribution < -0.4 is 4.90 Å². The van der Waals surface area contributed by atoms with Crippen molar-refractivity contribution in [2.24, 2.45) is 5.92 Å². The van der Waals surface area contributed by atoms with Crippen molar-refractivity contribution in [3.05, 3.63) is 82.5 Å². The molecule has 2 aromatic heterocycles. The number of carbonyl (C=O) groups excluding carboxylic acids is 3. The third-order valence-electron chi connectivity index (χ3n) is 5.11. The minimum atomic E-state index is -1.29. The fourth-order valence-electron chi connectivity index (χ4n) is 3.70. The summed E-state index contributed by atoms with van der Waals surface area (Å²) in [5.74, 6) is -3.96. The minimum absolute atomic E-state index is 0.00137. The molecular weight excluding hydrogens is 487 g/mol. The second kappa shape index (κ2) is 7.51. The second-order valence-corrected chi connectivity index (χ2v) is 8.89. The van der Waals surface area contributed by atoms with Gasteiger partial charge in [-0.1, -0.05) is 39.4 Å². The molecule has 4 aromatic rings. The van der Waals surface area contributed by atoms with Gasteiger partial charge in [0.1, 0.15) is 11.7 Å². The third-order valence-corrected chi connectivity index (χ3v) is 6.66. The van der Waals surface area contributed by atoms with Crippen LogP contribution in [0.4, 0.5) is 9.52 Å².